The van der Waals surface area contributed by atoms with Gasteiger partial charge in [0.05, 0.1) is 17.3 Å². The summed E-state index contributed by atoms with van der Waals surface area (Å²) in [6.07, 6.45) is -0.859. The third kappa shape index (κ3) is 2.42. The van der Waals surface area contributed by atoms with Crippen molar-refractivity contribution >= 4 is 12.6 Å². The first kappa shape index (κ1) is 14.5. The lowest BCUT2D eigenvalue weighted by molar-refractivity contribution is 0.00578. The zero-order valence-corrected chi connectivity index (χ0v) is 12.0. The van der Waals surface area contributed by atoms with Crippen molar-refractivity contribution in [1.29, 1.82) is 0 Å². The first-order valence-electron chi connectivity index (χ1n) is 6.48. The molecule has 5 heteroatoms. The van der Waals surface area contributed by atoms with Gasteiger partial charge in [-0.2, -0.15) is 0 Å². The molecule has 0 amide bonds. The molecule has 3 nitrogen and oxygen atoms in total. The predicted molar refractivity (Wildman–Crippen MR) is 72.7 cm³/mol. The van der Waals surface area contributed by atoms with E-state index >= 15 is 0 Å². The molecule has 0 bridgehead atoms. The molecule has 1 aliphatic rings. The van der Waals surface area contributed by atoms with Crippen LogP contribution in [0.25, 0.3) is 0 Å². The largest absolute Gasteiger partial charge is 0.497 e. The molecule has 0 aliphatic carbocycles. The Kier molecular flexibility index (Phi) is 3.50. The lowest BCUT2D eigenvalue weighted by Gasteiger charge is -2.32. The number of aliphatic hydroxyl groups is 1. The maximum atomic E-state index is 14.4. The van der Waals surface area contributed by atoms with Crippen LogP contribution in [0.2, 0.25) is 0 Å². The maximum absolute atomic E-state index is 14.4. The van der Waals surface area contributed by atoms with Gasteiger partial charge in [-0.3, -0.25) is 0 Å². The summed E-state index contributed by atoms with van der Waals surface area (Å²) in [4.78, 5) is 0. The van der Waals surface area contributed by atoms with Crippen molar-refractivity contribution in [2.75, 3.05) is 0 Å². The highest BCUT2D eigenvalue weighted by atomic mass is 19.1. The first-order chi connectivity index (χ1) is 8.66. The van der Waals surface area contributed by atoms with Crippen molar-refractivity contribution in [3.8, 4) is 0 Å². The van der Waals surface area contributed by atoms with Gasteiger partial charge < -0.3 is 14.4 Å². The van der Waals surface area contributed by atoms with Gasteiger partial charge >= 0.3 is 7.12 Å². The van der Waals surface area contributed by atoms with Gasteiger partial charge in [-0.15, -0.1) is 0 Å². The molecule has 104 valence electrons. The van der Waals surface area contributed by atoms with Gasteiger partial charge in [0.2, 0.25) is 0 Å². The Balaban J connectivity index is 2.38. The van der Waals surface area contributed by atoms with E-state index in [1.165, 1.54) is 6.92 Å². The average molecular weight is 266 g/mol. The zero-order valence-electron chi connectivity index (χ0n) is 12.0. The van der Waals surface area contributed by atoms with E-state index in [2.05, 4.69) is 0 Å². The van der Waals surface area contributed by atoms with Crippen molar-refractivity contribution in [3.63, 3.8) is 0 Å². The van der Waals surface area contributed by atoms with Crippen LogP contribution in [0, 0.1) is 5.82 Å². The van der Waals surface area contributed by atoms with Gasteiger partial charge in [-0.05, 0) is 34.6 Å². The van der Waals surface area contributed by atoms with Gasteiger partial charge in [0.15, 0.2) is 0 Å². The standard InChI is InChI=1S/C14H20BFO3/c1-9(17)10-7-6-8-11(12(10)16)15-18-13(2,3)14(4,5)19-15/h6-9,17H,1-5H3. The molecule has 0 saturated carbocycles. The molecule has 1 heterocycles. The van der Waals surface area contributed by atoms with E-state index in [1.807, 2.05) is 27.7 Å². The maximum Gasteiger partial charge on any atom is 0.497 e. The summed E-state index contributed by atoms with van der Waals surface area (Å²) in [7, 11) is -0.747. The average Bonchev–Trinajstić information content (AvgIpc) is 2.47. The fourth-order valence-electron chi connectivity index (χ4n) is 2.04. The van der Waals surface area contributed by atoms with Gasteiger partial charge in [0.25, 0.3) is 0 Å². The number of benzene rings is 1. The highest BCUT2D eigenvalue weighted by molar-refractivity contribution is 6.62. The van der Waals surface area contributed by atoms with Crippen molar-refractivity contribution in [1.82, 2.24) is 0 Å². The van der Waals surface area contributed by atoms with Crippen molar-refractivity contribution < 1.29 is 18.8 Å². The first-order valence-corrected chi connectivity index (χ1v) is 6.48. The highest BCUT2D eigenvalue weighted by Crippen LogP contribution is 2.36. The molecular weight excluding hydrogens is 246 g/mol. The van der Waals surface area contributed by atoms with Crippen molar-refractivity contribution in [3.05, 3.63) is 29.6 Å². The minimum Gasteiger partial charge on any atom is -0.399 e. The summed E-state index contributed by atoms with van der Waals surface area (Å²) in [6, 6.07) is 4.89. The number of halogens is 1. The van der Waals surface area contributed by atoms with Crippen molar-refractivity contribution in [2.24, 2.45) is 0 Å². The normalized spacial score (nSPS) is 22.6. The number of hydrogen-bond donors (Lipinski definition) is 1. The Hall–Kier alpha value is -0.905. The summed E-state index contributed by atoms with van der Waals surface area (Å²) in [5.41, 5.74) is -0.431. The second-order valence-corrected chi connectivity index (χ2v) is 6.01. The van der Waals surface area contributed by atoms with Gasteiger partial charge in [0.1, 0.15) is 5.82 Å². The lowest BCUT2D eigenvalue weighted by Crippen LogP contribution is -2.41. The molecule has 1 fully saturated rings. The van der Waals surface area contributed by atoms with E-state index in [0.29, 0.717) is 5.46 Å². The van der Waals surface area contributed by atoms with Crippen LogP contribution in [0.5, 0.6) is 0 Å². The summed E-state index contributed by atoms with van der Waals surface area (Å²) in [5.74, 6) is -0.462. The molecule has 0 radical (unpaired) electrons. The van der Waals surface area contributed by atoms with Crippen molar-refractivity contribution in [2.45, 2.75) is 51.9 Å². The summed E-state index contributed by atoms with van der Waals surface area (Å²) < 4.78 is 26.0. The third-order valence-electron chi connectivity index (χ3n) is 4.02. The molecule has 1 aromatic rings. The molecule has 1 N–H and O–H groups in total. The topological polar surface area (TPSA) is 38.7 Å². The molecule has 1 atom stereocenters. The van der Waals surface area contributed by atoms with E-state index in [1.54, 1.807) is 18.2 Å². The highest BCUT2D eigenvalue weighted by Gasteiger charge is 2.52. The quantitative estimate of drug-likeness (QED) is 0.834. The molecule has 1 aromatic carbocycles. The Bertz CT molecular complexity index is 470. The van der Waals surface area contributed by atoms with Crippen LogP contribution in [-0.4, -0.2) is 23.4 Å². The molecule has 19 heavy (non-hydrogen) atoms. The van der Waals surface area contributed by atoms with Crippen LogP contribution in [0.3, 0.4) is 0 Å². The smallest absolute Gasteiger partial charge is 0.399 e. The fourth-order valence-corrected chi connectivity index (χ4v) is 2.04. The van der Waals surface area contributed by atoms with Gasteiger partial charge in [0, 0.05) is 11.0 Å². The lowest BCUT2D eigenvalue weighted by atomic mass is 9.77. The molecular formula is C14H20BFO3. The zero-order chi connectivity index (χ0) is 14.4. The Morgan fingerprint density at radius 1 is 1.16 bits per heavy atom. The third-order valence-corrected chi connectivity index (χ3v) is 4.02. The predicted octanol–water partition coefficient (Wildman–Crippen LogP) is 2.18. The monoisotopic (exact) mass is 266 g/mol. The SMILES string of the molecule is CC(O)c1cccc(B2OC(C)(C)C(C)(C)O2)c1F. The Morgan fingerprint density at radius 2 is 1.68 bits per heavy atom. The van der Waals surface area contributed by atoms with E-state index in [9.17, 15) is 9.50 Å². The number of aliphatic hydroxyl groups excluding tert-OH is 1. The van der Waals surface area contributed by atoms with E-state index < -0.39 is 30.2 Å². The summed E-state index contributed by atoms with van der Waals surface area (Å²) in [5, 5.41) is 9.56. The van der Waals surface area contributed by atoms with Crippen LogP contribution < -0.4 is 5.46 Å². The van der Waals surface area contributed by atoms with E-state index in [-0.39, 0.29) is 5.56 Å². The minimum absolute atomic E-state index is 0.257. The molecule has 2 rings (SSSR count). The second-order valence-electron chi connectivity index (χ2n) is 6.01. The van der Waals surface area contributed by atoms with Crippen LogP contribution >= 0.6 is 0 Å². The summed E-state index contributed by atoms with van der Waals surface area (Å²) in [6.45, 7) is 9.21. The van der Waals surface area contributed by atoms with E-state index in [0.717, 1.165) is 0 Å². The molecule has 1 unspecified atom stereocenters. The van der Waals surface area contributed by atoms with Crippen LogP contribution in [0.15, 0.2) is 18.2 Å². The van der Waals surface area contributed by atoms with Crippen LogP contribution in [0.4, 0.5) is 4.39 Å². The Morgan fingerprint density at radius 3 is 2.16 bits per heavy atom. The molecule has 1 saturated heterocycles. The molecule has 1 aliphatic heterocycles. The van der Waals surface area contributed by atoms with Crippen LogP contribution in [0.1, 0.15) is 46.3 Å². The number of hydrogen-bond acceptors (Lipinski definition) is 3. The van der Waals surface area contributed by atoms with E-state index in [4.69, 9.17) is 9.31 Å². The van der Waals surface area contributed by atoms with Gasteiger partial charge in [-0.1, -0.05) is 18.2 Å². The summed E-state index contributed by atoms with van der Waals surface area (Å²) >= 11 is 0. The molecule has 0 spiro atoms. The molecule has 0 aromatic heterocycles. The van der Waals surface area contributed by atoms with Gasteiger partial charge in [-0.25, -0.2) is 4.39 Å². The Labute approximate surface area is 113 Å². The minimum atomic E-state index is -0.859. The van der Waals surface area contributed by atoms with Crippen LogP contribution in [-0.2, 0) is 9.31 Å². The second kappa shape index (κ2) is 4.58. The number of rotatable bonds is 2. The fraction of sp³-hybridized carbons (Fsp3) is 0.571.